The van der Waals surface area contributed by atoms with Gasteiger partial charge in [0.15, 0.2) is 0 Å². The first-order chi connectivity index (χ1) is 9.10. The van der Waals surface area contributed by atoms with Crippen molar-refractivity contribution >= 4 is 11.6 Å². The van der Waals surface area contributed by atoms with Gasteiger partial charge in [0.05, 0.1) is 11.3 Å². The number of carbonyl (C=O) groups is 1. The predicted octanol–water partition coefficient (Wildman–Crippen LogP) is 3.08. The van der Waals surface area contributed by atoms with Crippen LogP contribution >= 0.6 is 0 Å². The number of rotatable bonds is 7. The Morgan fingerprint density at radius 2 is 2.11 bits per heavy atom. The first-order valence-electron chi connectivity index (χ1n) is 7.06. The number of hydrogen-bond acceptors (Lipinski definition) is 3. The van der Waals surface area contributed by atoms with Gasteiger partial charge in [0, 0.05) is 32.0 Å². The van der Waals surface area contributed by atoms with Crippen molar-refractivity contribution in [3.8, 4) is 0 Å². The average Bonchev–Trinajstić information content (AvgIpc) is 2.41. The van der Waals surface area contributed by atoms with Gasteiger partial charge in [0.1, 0.15) is 0 Å². The Labute approximate surface area is 116 Å². The molecule has 0 atom stereocenters. The highest BCUT2D eigenvalue weighted by molar-refractivity contribution is 5.99. The number of nitrogens with one attached hydrogen (secondary N) is 1. The van der Waals surface area contributed by atoms with Gasteiger partial charge in [-0.1, -0.05) is 20.3 Å². The van der Waals surface area contributed by atoms with Gasteiger partial charge in [-0.2, -0.15) is 0 Å². The van der Waals surface area contributed by atoms with Crippen LogP contribution in [0.5, 0.6) is 0 Å². The van der Waals surface area contributed by atoms with Gasteiger partial charge in [0.25, 0.3) is 5.91 Å². The van der Waals surface area contributed by atoms with E-state index in [4.69, 9.17) is 0 Å². The zero-order valence-corrected chi connectivity index (χ0v) is 12.5. The fourth-order valence-corrected chi connectivity index (χ4v) is 1.84. The number of hydrogen-bond donors (Lipinski definition) is 1. The monoisotopic (exact) mass is 263 g/mol. The lowest BCUT2D eigenvalue weighted by atomic mass is 10.1. The molecule has 1 aromatic heterocycles. The number of aromatic nitrogens is 1. The second-order valence-corrected chi connectivity index (χ2v) is 4.88. The molecule has 1 N–H and O–H groups in total. The van der Waals surface area contributed by atoms with Crippen molar-refractivity contribution in [1.82, 2.24) is 9.88 Å². The maximum Gasteiger partial charge on any atom is 0.257 e. The van der Waals surface area contributed by atoms with Crippen molar-refractivity contribution < 1.29 is 4.79 Å². The Balaban J connectivity index is 2.88. The summed E-state index contributed by atoms with van der Waals surface area (Å²) in [4.78, 5) is 18.4. The fourth-order valence-electron chi connectivity index (χ4n) is 1.84. The third-order valence-electron chi connectivity index (χ3n) is 3.03. The number of amides is 1. The molecule has 0 radical (unpaired) electrons. The van der Waals surface area contributed by atoms with Crippen LogP contribution in [0.1, 0.15) is 49.2 Å². The molecule has 1 aromatic rings. The van der Waals surface area contributed by atoms with Gasteiger partial charge in [-0.05, 0) is 25.8 Å². The molecule has 4 heteroatoms. The van der Waals surface area contributed by atoms with Crippen molar-refractivity contribution in [2.45, 2.75) is 40.0 Å². The maximum absolute atomic E-state index is 12.4. The van der Waals surface area contributed by atoms with Crippen LogP contribution in [0.25, 0.3) is 0 Å². The largest absolute Gasteiger partial charge is 0.384 e. The molecular weight excluding hydrogens is 238 g/mol. The summed E-state index contributed by atoms with van der Waals surface area (Å²) in [6.45, 7) is 7.82. The van der Waals surface area contributed by atoms with Gasteiger partial charge in [0.2, 0.25) is 0 Å². The number of unbranched alkanes of at least 4 members (excludes halogenated alkanes) is 1. The second-order valence-electron chi connectivity index (χ2n) is 4.88. The first kappa shape index (κ1) is 15.5. The number of anilines is 1. The molecule has 0 saturated carbocycles. The van der Waals surface area contributed by atoms with E-state index in [1.54, 1.807) is 11.1 Å². The van der Waals surface area contributed by atoms with Crippen LogP contribution in [-0.2, 0) is 0 Å². The number of aryl methyl sites for hydroxylation is 1. The molecule has 0 unspecified atom stereocenters. The minimum Gasteiger partial charge on any atom is -0.384 e. The number of pyridine rings is 1. The van der Waals surface area contributed by atoms with Gasteiger partial charge < -0.3 is 10.2 Å². The molecule has 0 aliphatic carbocycles. The maximum atomic E-state index is 12.4. The molecule has 106 valence electrons. The topological polar surface area (TPSA) is 45.2 Å². The van der Waals surface area contributed by atoms with Gasteiger partial charge >= 0.3 is 0 Å². The van der Waals surface area contributed by atoms with Crippen LogP contribution in [-0.4, -0.2) is 35.9 Å². The van der Waals surface area contributed by atoms with E-state index >= 15 is 0 Å². The highest BCUT2D eigenvalue weighted by Crippen LogP contribution is 2.17. The molecule has 0 aliphatic rings. The molecule has 0 aliphatic heterocycles. The van der Waals surface area contributed by atoms with Crippen LogP contribution in [0.2, 0.25) is 0 Å². The summed E-state index contributed by atoms with van der Waals surface area (Å²) in [5.74, 6) is 0.0413. The summed E-state index contributed by atoms with van der Waals surface area (Å²) < 4.78 is 0. The Morgan fingerprint density at radius 1 is 1.37 bits per heavy atom. The Hall–Kier alpha value is -1.58. The highest BCUT2D eigenvalue weighted by atomic mass is 16.2. The van der Waals surface area contributed by atoms with Crippen LogP contribution < -0.4 is 5.32 Å². The summed E-state index contributed by atoms with van der Waals surface area (Å²) in [7, 11) is 1.85. The summed E-state index contributed by atoms with van der Waals surface area (Å²) >= 11 is 0. The SMILES string of the molecule is CCCCN(C)C(=O)c1cnc(C)cc1NCCC. The van der Waals surface area contributed by atoms with Gasteiger partial charge in [-0.15, -0.1) is 0 Å². The molecule has 1 heterocycles. The Bertz CT molecular complexity index is 418. The minimum atomic E-state index is 0.0413. The van der Waals surface area contributed by atoms with Crippen LogP contribution in [0.4, 0.5) is 5.69 Å². The van der Waals surface area contributed by atoms with E-state index < -0.39 is 0 Å². The quantitative estimate of drug-likeness (QED) is 0.822. The van der Waals surface area contributed by atoms with E-state index in [1.807, 2.05) is 20.0 Å². The minimum absolute atomic E-state index is 0.0413. The highest BCUT2D eigenvalue weighted by Gasteiger charge is 2.16. The average molecular weight is 263 g/mol. The van der Waals surface area contributed by atoms with E-state index in [-0.39, 0.29) is 5.91 Å². The van der Waals surface area contributed by atoms with Crippen molar-refractivity contribution in [3.63, 3.8) is 0 Å². The third-order valence-corrected chi connectivity index (χ3v) is 3.03. The molecule has 0 aromatic carbocycles. The van der Waals surface area contributed by atoms with Crippen LogP contribution in [0.3, 0.4) is 0 Å². The molecular formula is C15H25N3O. The molecule has 1 amide bonds. The lowest BCUT2D eigenvalue weighted by Gasteiger charge is -2.19. The fraction of sp³-hybridized carbons (Fsp3) is 0.600. The molecule has 0 fully saturated rings. The second kappa shape index (κ2) is 7.77. The summed E-state index contributed by atoms with van der Waals surface area (Å²) in [6.07, 6.45) is 4.82. The standard InChI is InChI=1S/C15H25N3O/c1-5-7-9-18(4)15(19)13-11-17-12(3)10-14(13)16-8-6-2/h10-11H,5-9H2,1-4H3,(H,16,17). The molecule has 19 heavy (non-hydrogen) atoms. The Morgan fingerprint density at radius 3 is 2.74 bits per heavy atom. The number of nitrogens with zero attached hydrogens (tertiary/aromatic N) is 2. The molecule has 4 nitrogen and oxygen atoms in total. The summed E-state index contributed by atoms with van der Waals surface area (Å²) in [5.41, 5.74) is 2.48. The van der Waals surface area contributed by atoms with Crippen molar-refractivity contribution in [2.75, 3.05) is 25.5 Å². The lowest BCUT2D eigenvalue weighted by Crippen LogP contribution is -2.28. The van der Waals surface area contributed by atoms with Crippen molar-refractivity contribution in [2.24, 2.45) is 0 Å². The third kappa shape index (κ3) is 4.54. The van der Waals surface area contributed by atoms with E-state index in [0.717, 1.165) is 43.7 Å². The molecule has 1 rings (SSSR count). The van der Waals surface area contributed by atoms with Crippen LogP contribution in [0.15, 0.2) is 12.3 Å². The lowest BCUT2D eigenvalue weighted by molar-refractivity contribution is 0.0794. The molecule has 0 spiro atoms. The van der Waals surface area contributed by atoms with E-state index in [1.165, 1.54) is 0 Å². The predicted molar refractivity (Wildman–Crippen MR) is 79.6 cm³/mol. The van der Waals surface area contributed by atoms with E-state index in [9.17, 15) is 4.79 Å². The summed E-state index contributed by atoms with van der Waals surface area (Å²) in [5, 5.41) is 3.31. The van der Waals surface area contributed by atoms with Crippen molar-refractivity contribution in [3.05, 3.63) is 23.5 Å². The zero-order valence-electron chi connectivity index (χ0n) is 12.5. The zero-order chi connectivity index (χ0) is 14.3. The molecule has 0 saturated heterocycles. The Kier molecular flexibility index (Phi) is 6.33. The van der Waals surface area contributed by atoms with E-state index in [0.29, 0.717) is 5.56 Å². The summed E-state index contributed by atoms with van der Waals surface area (Å²) in [6, 6.07) is 1.94. The van der Waals surface area contributed by atoms with Gasteiger partial charge in [-0.25, -0.2) is 0 Å². The first-order valence-corrected chi connectivity index (χ1v) is 7.06. The van der Waals surface area contributed by atoms with Crippen molar-refractivity contribution in [1.29, 1.82) is 0 Å². The van der Waals surface area contributed by atoms with Crippen LogP contribution in [0, 0.1) is 6.92 Å². The smallest absolute Gasteiger partial charge is 0.257 e. The van der Waals surface area contributed by atoms with Gasteiger partial charge in [-0.3, -0.25) is 9.78 Å². The molecule has 0 bridgehead atoms. The normalized spacial score (nSPS) is 10.3. The number of carbonyl (C=O) groups excluding carboxylic acids is 1. The van der Waals surface area contributed by atoms with E-state index in [2.05, 4.69) is 24.1 Å².